The van der Waals surface area contributed by atoms with Crippen molar-refractivity contribution >= 4 is 11.8 Å². The van der Waals surface area contributed by atoms with E-state index in [-0.39, 0.29) is 11.8 Å². The Labute approximate surface area is 131 Å². The lowest BCUT2D eigenvalue weighted by atomic mass is 10.1. The van der Waals surface area contributed by atoms with E-state index in [2.05, 4.69) is 24.5 Å². The monoisotopic (exact) mass is 303 g/mol. The normalized spacial score (nSPS) is 18.7. The first kappa shape index (κ1) is 15.1. The van der Waals surface area contributed by atoms with Crippen molar-refractivity contribution < 1.29 is 9.59 Å². The van der Waals surface area contributed by atoms with E-state index in [4.69, 9.17) is 0 Å². The van der Waals surface area contributed by atoms with Crippen LogP contribution in [0.15, 0.2) is 6.07 Å². The predicted octanol–water partition coefficient (Wildman–Crippen LogP) is 1.27. The van der Waals surface area contributed by atoms with E-state index in [0.717, 1.165) is 24.1 Å². The van der Waals surface area contributed by atoms with Gasteiger partial charge in [-0.2, -0.15) is 0 Å². The Kier molecular flexibility index (Phi) is 3.98. The van der Waals surface area contributed by atoms with Gasteiger partial charge in [-0.05, 0) is 38.3 Å². The van der Waals surface area contributed by atoms with Gasteiger partial charge in [0.25, 0.3) is 0 Å². The fourth-order valence-electron chi connectivity index (χ4n) is 3.15. The number of carbonyl (C=O) groups excluding carboxylic acids is 2. The Bertz CT molecular complexity index is 593. The molecule has 0 spiro atoms. The number of amides is 2. The summed E-state index contributed by atoms with van der Waals surface area (Å²) in [5, 5.41) is 0. The lowest BCUT2D eigenvalue weighted by Gasteiger charge is -2.35. The van der Waals surface area contributed by atoms with Gasteiger partial charge in [-0.25, -0.2) is 0 Å². The molecule has 1 aromatic rings. The van der Waals surface area contributed by atoms with Gasteiger partial charge in [-0.15, -0.1) is 0 Å². The summed E-state index contributed by atoms with van der Waals surface area (Å²) in [6.07, 6.45) is 2.55. The third-order valence-corrected chi connectivity index (χ3v) is 5.09. The molecular weight excluding hydrogens is 278 g/mol. The minimum atomic E-state index is 0.173. The zero-order valence-electron chi connectivity index (χ0n) is 13.8. The highest BCUT2D eigenvalue weighted by Crippen LogP contribution is 2.31. The van der Waals surface area contributed by atoms with E-state index < -0.39 is 0 Å². The number of aryl methyl sites for hydroxylation is 1. The molecule has 5 heteroatoms. The van der Waals surface area contributed by atoms with Crippen LogP contribution in [0.5, 0.6) is 0 Å². The first-order valence-corrected chi connectivity index (χ1v) is 8.15. The Balaban J connectivity index is 1.55. The highest BCUT2D eigenvalue weighted by atomic mass is 16.2. The van der Waals surface area contributed by atoms with Crippen LogP contribution in [0.25, 0.3) is 0 Å². The molecule has 2 fully saturated rings. The van der Waals surface area contributed by atoms with Crippen LogP contribution in [-0.2, 0) is 23.1 Å². The molecule has 0 N–H and O–H groups in total. The van der Waals surface area contributed by atoms with E-state index in [9.17, 15) is 9.59 Å². The third kappa shape index (κ3) is 2.89. The maximum absolute atomic E-state index is 12.5. The van der Waals surface area contributed by atoms with Crippen LogP contribution in [0.4, 0.5) is 0 Å². The van der Waals surface area contributed by atoms with Gasteiger partial charge in [0.1, 0.15) is 0 Å². The second-order valence-electron chi connectivity index (χ2n) is 6.61. The third-order valence-electron chi connectivity index (χ3n) is 5.09. The first-order chi connectivity index (χ1) is 10.5. The van der Waals surface area contributed by atoms with Crippen LogP contribution in [-0.4, -0.2) is 52.4 Å². The molecule has 5 nitrogen and oxygen atoms in total. The van der Waals surface area contributed by atoms with Gasteiger partial charge in [-0.1, -0.05) is 0 Å². The number of hydrogen-bond donors (Lipinski definition) is 0. The molecule has 0 bridgehead atoms. The van der Waals surface area contributed by atoms with Crippen molar-refractivity contribution in [3.8, 4) is 0 Å². The topological polar surface area (TPSA) is 45.6 Å². The van der Waals surface area contributed by atoms with Crippen LogP contribution in [0, 0.1) is 19.8 Å². The van der Waals surface area contributed by atoms with Gasteiger partial charge in [0.15, 0.2) is 0 Å². The van der Waals surface area contributed by atoms with E-state index in [0.29, 0.717) is 38.5 Å². The Morgan fingerprint density at radius 3 is 2.18 bits per heavy atom. The molecule has 1 aliphatic carbocycles. The molecule has 22 heavy (non-hydrogen) atoms. The molecule has 0 unspecified atom stereocenters. The van der Waals surface area contributed by atoms with E-state index >= 15 is 0 Å². The lowest BCUT2D eigenvalue weighted by Crippen LogP contribution is -2.51. The summed E-state index contributed by atoms with van der Waals surface area (Å²) < 4.78 is 2.12. The quantitative estimate of drug-likeness (QED) is 0.844. The molecule has 0 aromatic carbocycles. The van der Waals surface area contributed by atoms with Gasteiger partial charge >= 0.3 is 0 Å². The van der Waals surface area contributed by atoms with Crippen molar-refractivity contribution in [2.45, 2.75) is 33.1 Å². The minimum Gasteiger partial charge on any atom is -0.352 e. The van der Waals surface area contributed by atoms with Crippen molar-refractivity contribution in [2.24, 2.45) is 13.0 Å². The fraction of sp³-hybridized carbons (Fsp3) is 0.647. The lowest BCUT2D eigenvalue weighted by molar-refractivity contribution is -0.140. The average Bonchev–Trinajstić information content (AvgIpc) is 3.33. The smallest absolute Gasteiger partial charge is 0.227 e. The predicted molar refractivity (Wildman–Crippen MR) is 84.5 cm³/mol. The van der Waals surface area contributed by atoms with Gasteiger partial charge in [-0.3, -0.25) is 9.59 Å². The van der Waals surface area contributed by atoms with Crippen molar-refractivity contribution in [2.75, 3.05) is 26.2 Å². The number of hydrogen-bond acceptors (Lipinski definition) is 2. The fourth-order valence-corrected chi connectivity index (χ4v) is 3.15. The van der Waals surface area contributed by atoms with Crippen LogP contribution >= 0.6 is 0 Å². The Morgan fingerprint density at radius 2 is 1.68 bits per heavy atom. The summed E-state index contributed by atoms with van der Waals surface area (Å²) in [4.78, 5) is 28.3. The molecule has 2 heterocycles. The number of aromatic nitrogens is 1. The molecule has 2 amide bonds. The first-order valence-electron chi connectivity index (χ1n) is 8.15. The number of piperazine rings is 1. The molecule has 1 saturated carbocycles. The highest BCUT2D eigenvalue weighted by molar-refractivity contribution is 5.82. The van der Waals surface area contributed by atoms with Crippen LogP contribution in [0.2, 0.25) is 0 Å². The molecule has 1 aliphatic heterocycles. The van der Waals surface area contributed by atoms with Crippen molar-refractivity contribution in [1.82, 2.24) is 14.4 Å². The molecule has 3 rings (SSSR count). The van der Waals surface area contributed by atoms with E-state index in [1.54, 1.807) is 0 Å². The Hall–Kier alpha value is -1.78. The summed E-state index contributed by atoms with van der Waals surface area (Å²) in [7, 11) is 2.03. The second kappa shape index (κ2) is 5.78. The van der Waals surface area contributed by atoms with Crippen molar-refractivity contribution in [3.63, 3.8) is 0 Å². The molecule has 1 saturated heterocycles. The molecule has 2 aliphatic rings. The second-order valence-corrected chi connectivity index (χ2v) is 6.61. The highest BCUT2D eigenvalue weighted by Gasteiger charge is 2.35. The molecule has 0 atom stereocenters. The minimum absolute atomic E-state index is 0.173. The molecule has 120 valence electrons. The van der Waals surface area contributed by atoms with Crippen molar-refractivity contribution in [3.05, 3.63) is 23.0 Å². The molecule has 0 radical (unpaired) electrons. The summed E-state index contributed by atoms with van der Waals surface area (Å²) in [5.41, 5.74) is 3.45. The Morgan fingerprint density at radius 1 is 1.09 bits per heavy atom. The van der Waals surface area contributed by atoms with Crippen LogP contribution in [0.3, 0.4) is 0 Å². The maximum atomic E-state index is 12.5. The zero-order chi connectivity index (χ0) is 15.9. The van der Waals surface area contributed by atoms with E-state index in [1.165, 1.54) is 5.69 Å². The van der Waals surface area contributed by atoms with Gasteiger partial charge in [0.2, 0.25) is 11.8 Å². The summed E-state index contributed by atoms with van der Waals surface area (Å²) >= 11 is 0. The maximum Gasteiger partial charge on any atom is 0.227 e. The van der Waals surface area contributed by atoms with Crippen LogP contribution < -0.4 is 0 Å². The molecule has 1 aromatic heterocycles. The van der Waals surface area contributed by atoms with Crippen LogP contribution in [0.1, 0.15) is 29.8 Å². The van der Waals surface area contributed by atoms with Crippen molar-refractivity contribution in [1.29, 1.82) is 0 Å². The summed E-state index contributed by atoms with van der Waals surface area (Å²) in [6, 6.07) is 2.10. The summed E-state index contributed by atoms with van der Waals surface area (Å²) in [6.45, 7) is 6.83. The SMILES string of the molecule is Cc1cc(CC(=O)N2CCN(C(=O)C3CC3)CC2)c(C)n1C. The largest absolute Gasteiger partial charge is 0.352 e. The average molecular weight is 303 g/mol. The van der Waals surface area contributed by atoms with Gasteiger partial charge < -0.3 is 14.4 Å². The standard InChI is InChI=1S/C17H25N3O2/c1-12-10-15(13(2)18(12)3)11-16(21)19-6-8-20(9-7-19)17(22)14-4-5-14/h10,14H,4-9,11H2,1-3H3. The number of rotatable bonds is 3. The molecular formula is C17H25N3O2. The zero-order valence-corrected chi connectivity index (χ0v) is 13.8. The number of nitrogens with zero attached hydrogens (tertiary/aromatic N) is 3. The number of carbonyl (C=O) groups is 2. The van der Waals surface area contributed by atoms with Gasteiger partial charge in [0, 0.05) is 50.5 Å². The van der Waals surface area contributed by atoms with Gasteiger partial charge in [0.05, 0.1) is 6.42 Å². The van der Waals surface area contributed by atoms with E-state index in [1.807, 2.05) is 16.8 Å². The summed E-state index contributed by atoms with van der Waals surface area (Å²) in [5.74, 6) is 0.742.